The highest BCUT2D eigenvalue weighted by Crippen LogP contribution is 2.37. The van der Waals surface area contributed by atoms with E-state index in [0.717, 1.165) is 5.56 Å². The molecule has 5 rings (SSSR count). The average Bonchev–Trinajstić information content (AvgIpc) is 3.09. The van der Waals surface area contributed by atoms with Gasteiger partial charge in [-0.3, -0.25) is 4.79 Å². The normalized spacial score (nSPS) is 20.3. The highest BCUT2D eigenvalue weighted by Gasteiger charge is 2.39. The monoisotopic (exact) mass is 713 g/mol. The number of sulfonamides is 1. The van der Waals surface area contributed by atoms with Crippen molar-refractivity contribution in [2.75, 3.05) is 32.9 Å². The number of benzene rings is 3. The number of hydrogen-bond acceptors (Lipinski definition) is 7. The third-order valence-corrected chi connectivity index (χ3v) is 11.9. The third kappa shape index (κ3) is 9.07. The molecule has 2 aliphatic rings. The van der Waals surface area contributed by atoms with Crippen molar-refractivity contribution >= 4 is 33.5 Å². The molecule has 0 saturated carbocycles. The number of alkyl carbamates (subject to hydrolysis) is 1. The van der Waals surface area contributed by atoms with Crippen LogP contribution >= 0.6 is 11.6 Å². The summed E-state index contributed by atoms with van der Waals surface area (Å²) in [6.07, 6.45) is 1.11. The van der Waals surface area contributed by atoms with Crippen molar-refractivity contribution in [2.45, 2.75) is 74.9 Å². The molecular weight excluding hydrogens is 669 g/mol. The maximum Gasteiger partial charge on any atom is 0.407 e. The van der Waals surface area contributed by atoms with E-state index in [4.69, 9.17) is 21.1 Å². The van der Waals surface area contributed by atoms with Gasteiger partial charge in [0.05, 0.1) is 17.5 Å². The first-order valence-corrected chi connectivity index (χ1v) is 18.8. The van der Waals surface area contributed by atoms with Gasteiger partial charge >= 0.3 is 6.09 Å². The molecule has 2 fully saturated rings. The van der Waals surface area contributed by atoms with Crippen molar-refractivity contribution in [1.82, 2.24) is 14.9 Å². The fraction of sp³-hybridized carbons (Fsp3) is 0.459. The van der Waals surface area contributed by atoms with E-state index in [2.05, 4.69) is 10.6 Å². The molecule has 0 radical (unpaired) electrons. The number of hydrogen-bond donors (Lipinski definition) is 2. The molecule has 3 aromatic carbocycles. The first-order valence-electron chi connectivity index (χ1n) is 16.9. The van der Waals surface area contributed by atoms with Crippen molar-refractivity contribution in [1.29, 1.82) is 0 Å². The molecule has 0 unspecified atom stereocenters. The Morgan fingerprint density at radius 3 is 2.45 bits per heavy atom. The van der Waals surface area contributed by atoms with Crippen molar-refractivity contribution in [2.24, 2.45) is 5.92 Å². The van der Waals surface area contributed by atoms with E-state index < -0.39 is 39.9 Å². The SMILES string of the molecule is CCOC(=O)N[C@H](C(=O)Cc1cccc(F)c1CC[C@H]1CNC[C@@H](C)N1S(=O)(=O)c1ccccc1)[C@@H](c1ccc(Cl)cc1)C1CCOCC1. The van der Waals surface area contributed by atoms with Crippen LogP contribution in [0, 0.1) is 11.7 Å². The minimum absolute atomic E-state index is 0.0242. The van der Waals surface area contributed by atoms with Crippen LogP contribution in [0.25, 0.3) is 0 Å². The molecule has 0 aliphatic carbocycles. The van der Waals surface area contributed by atoms with Crippen molar-refractivity contribution in [3.8, 4) is 0 Å². The number of ether oxygens (including phenoxy) is 2. The molecule has 0 aromatic heterocycles. The summed E-state index contributed by atoms with van der Waals surface area (Å²) in [4.78, 5) is 27.5. The number of Topliss-reactive ketones (excluding diaryl/α,β-unsaturated/α-hetero) is 1. The van der Waals surface area contributed by atoms with Gasteiger partial charge in [0.2, 0.25) is 10.0 Å². The molecule has 2 heterocycles. The number of ketones is 1. The van der Waals surface area contributed by atoms with E-state index in [-0.39, 0.29) is 42.1 Å². The van der Waals surface area contributed by atoms with Gasteiger partial charge in [-0.2, -0.15) is 4.31 Å². The molecule has 12 heteroatoms. The van der Waals surface area contributed by atoms with Crippen LogP contribution in [0.1, 0.15) is 55.7 Å². The minimum atomic E-state index is -3.80. The standard InChI is InChI=1S/C37H45ClFN3O6S/c1-3-48-37(44)41-36(35(27-18-20-47-21-19-27)26-12-14-29(38)15-13-26)34(43)22-28-8-7-11-33(39)32(28)17-16-30-24-40-23-25(2)42(30)49(45,46)31-9-5-4-6-10-31/h4-15,25,27,30,35-36,40H,3,16-24H2,1-2H3,(H,41,44)/t25-,30+,35+,36-/m1/s1. The minimum Gasteiger partial charge on any atom is -0.450 e. The number of carbonyl (C=O) groups excluding carboxylic acids is 2. The lowest BCUT2D eigenvalue weighted by Gasteiger charge is -2.40. The molecule has 9 nitrogen and oxygen atoms in total. The Balaban J connectivity index is 1.42. The van der Waals surface area contributed by atoms with Gasteiger partial charge in [0.15, 0.2) is 5.78 Å². The lowest BCUT2D eigenvalue weighted by molar-refractivity contribution is -0.121. The topological polar surface area (TPSA) is 114 Å². The van der Waals surface area contributed by atoms with E-state index >= 15 is 4.39 Å². The predicted molar refractivity (Wildman–Crippen MR) is 187 cm³/mol. The quantitative estimate of drug-likeness (QED) is 0.227. The summed E-state index contributed by atoms with van der Waals surface area (Å²) < 4.78 is 55.5. The zero-order valence-electron chi connectivity index (χ0n) is 27.9. The largest absolute Gasteiger partial charge is 0.450 e. The van der Waals surface area contributed by atoms with Gasteiger partial charge in [0.25, 0.3) is 0 Å². The number of piperazine rings is 1. The van der Waals surface area contributed by atoms with Crippen molar-refractivity contribution in [3.05, 3.63) is 100 Å². The van der Waals surface area contributed by atoms with Crippen LogP contribution in [0.3, 0.4) is 0 Å². The van der Waals surface area contributed by atoms with Gasteiger partial charge in [-0.25, -0.2) is 17.6 Å². The highest BCUT2D eigenvalue weighted by molar-refractivity contribution is 7.89. The summed E-state index contributed by atoms with van der Waals surface area (Å²) in [5, 5.41) is 6.72. The summed E-state index contributed by atoms with van der Waals surface area (Å²) in [6, 6.07) is 18.6. The fourth-order valence-electron chi connectivity index (χ4n) is 7.20. The summed E-state index contributed by atoms with van der Waals surface area (Å²) in [7, 11) is -3.80. The molecule has 0 bridgehead atoms. The molecule has 49 heavy (non-hydrogen) atoms. The number of halogens is 2. The molecule has 2 saturated heterocycles. The third-order valence-electron chi connectivity index (χ3n) is 9.52. The second-order valence-electron chi connectivity index (χ2n) is 12.7. The molecule has 2 aliphatic heterocycles. The first kappa shape index (κ1) is 36.9. The second kappa shape index (κ2) is 17.0. The van der Waals surface area contributed by atoms with E-state index in [1.165, 1.54) is 10.4 Å². The van der Waals surface area contributed by atoms with E-state index in [9.17, 15) is 18.0 Å². The maximum atomic E-state index is 15.6. The number of nitrogens with one attached hydrogen (secondary N) is 2. The summed E-state index contributed by atoms with van der Waals surface area (Å²) >= 11 is 6.22. The molecular formula is C37H45ClFN3O6S. The lowest BCUT2D eigenvalue weighted by atomic mass is 9.74. The Morgan fingerprint density at radius 1 is 1.04 bits per heavy atom. The second-order valence-corrected chi connectivity index (χ2v) is 15.0. The Kier molecular flexibility index (Phi) is 12.8. The number of nitrogens with zero attached hydrogens (tertiary/aromatic N) is 1. The van der Waals surface area contributed by atoms with Crippen LogP contribution in [0.5, 0.6) is 0 Å². The molecule has 3 aromatic rings. The molecule has 0 spiro atoms. The number of rotatable bonds is 13. The number of amides is 1. The van der Waals surface area contributed by atoms with Crippen molar-refractivity contribution < 1.29 is 31.9 Å². The molecule has 264 valence electrons. The zero-order valence-corrected chi connectivity index (χ0v) is 29.5. The van der Waals surface area contributed by atoms with Gasteiger partial charge in [-0.1, -0.05) is 54.1 Å². The predicted octanol–water partition coefficient (Wildman–Crippen LogP) is 5.90. The van der Waals surface area contributed by atoms with E-state index in [1.54, 1.807) is 61.5 Å². The van der Waals surface area contributed by atoms with Gasteiger partial charge < -0.3 is 20.1 Å². The molecule has 1 amide bonds. The summed E-state index contributed by atoms with van der Waals surface area (Å²) in [5.74, 6) is -1.13. The zero-order chi connectivity index (χ0) is 35.0. The summed E-state index contributed by atoms with van der Waals surface area (Å²) in [6.45, 7) is 5.68. The van der Waals surface area contributed by atoms with Crippen molar-refractivity contribution in [3.63, 3.8) is 0 Å². The first-order chi connectivity index (χ1) is 23.6. The van der Waals surface area contributed by atoms with Crippen LogP contribution in [-0.2, 0) is 37.1 Å². The average molecular weight is 714 g/mol. The maximum absolute atomic E-state index is 15.6. The van der Waals surface area contributed by atoms with Gasteiger partial charge in [0, 0.05) is 55.7 Å². The fourth-order valence-corrected chi connectivity index (χ4v) is 9.19. The van der Waals surface area contributed by atoms with Crippen LogP contribution in [0.2, 0.25) is 5.02 Å². The smallest absolute Gasteiger partial charge is 0.407 e. The molecule has 2 N–H and O–H groups in total. The summed E-state index contributed by atoms with van der Waals surface area (Å²) in [5.41, 5.74) is 1.71. The van der Waals surface area contributed by atoms with Gasteiger partial charge in [-0.15, -0.1) is 0 Å². The van der Waals surface area contributed by atoms with Crippen LogP contribution in [-0.4, -0.2) is 75.6 Å². The van der Waals surface area contributed by atoms with Crippen LogP contribution in [0.4, 0.5) is 9.18 Å². The van der Waals surface area contributed by atoms with E-state index in [1.807, 2.05) is 19.1 Å². The Bertz CT molecular complexity index is 1670. The Morgan fingerprint density at radius 2 is 1.76 bits per heavy atom. The Hall–Kier alpha value is -3.35. The van der Waals surface area contributed by atoms with Crippen LogP contribution < -0.4 is 10.6 Å². The molecule has 4 atom stereocenters. The Labute approximate surface area is 293 Å². The van der Waals surface area contributed by atoms with Gasteiger partial charge in [0.1, 0.15) is 5.82 Å². The van der Waals surface area contributed by atoms with E-state index in [0.29, 0.717) is 61.7 Å². The highest BCUT2D eigenvalue weighted by atomic mass is 35.5. The number of carbonyl (C=O) groups is 2. The van der Waals surface area contributed by atoms with Crippen LogP contribution in [0.15, 0.2) is 77.7 Å². The van der Waals surface area contributed by atoms with Gasteiger partial charge in [-0.05, 0) is 92.5 Å². The lowest BCUT2D eigenvalue weighted by Crippen LogP contribution is -2.58.